The lowest BCUT2D eigenvalue weighted by molar-refractivity contribution is -0.119. The molecule has 0 saturated heterocycles. The summed E-state index contributed by atoms with van der Waals surface area (Å²) in [6, 6.07) is 1.57. The summed E-state index contributed by atoms with van der Waals surface area (Å²) < 4.78 is 4.50. The summed E-state index contributed by atoms with van der Waals surface area (Å²) in [7, 11) is 1.25. The summed E-state index contributed by atoms with van der Waals surface area (Å²) in [6.45, 7) is 2.70. The number of nitrogens with zero attached hydrogens (tertiary/aromatic N) is 2. The second-order valence-electron chi connectivity index (χ2n) is 3.46. The van der Waals surface area contributed by atoms with E-state index in [0.717, 1.165) is 6.42 Å². The van der Waals surface area contributed by atoms with Crippen LogP contribution in [0, 0.1) is 0 Å². The number of hydrogen-bond acceptors (Lipinski definition) is 6. The lowest BCUT2D eigenvalue weighted by Crippen LogP contribution is -2.30. The van der Waals surface area contributed by atoms with Gasteiger partial charge in [-0.25, -0.2) is 14.8 Å². The molecule has 1 amide bonds. The van der Waals surface area contributed by atoms with Gasteiger partial charge in [0.1, 0.15) is 5.82 Å². The zero-order chi connectivity index (χ0) is 13.4. The number of carbonyl (C=O) groups excluding carboxylic acids is 2. The molecule has 0 fully saturated rings. The van der Waals surface area contributed by atoms with Crippen molar-refractivity contribution in [3.8, 4) is 0 Å². The van der Waals surface area contributed by atoms with E-state index in [1.807, 2.05) is 6.92 Å². The van der Waals surface area contributed by atoms with E-state index >= 15 is 0 Å². The summed E-state index contributed by atoms with van der Waals surface area (Å²) in [5.74, 6) is -0.391. The lowest BCUT2D eigenvalue weighted by Gasteiger charge is -2.06. The molecule has 1 rings (SSSR count). The highest BCUT2D eigenvalue weighted by molar-refractivity contribution is 5.85. The Morgan fingerprint density at radius 1 is 1.44 bits per heavy atom. The van der Waals surface area contributed by atoms with Crippen LogP contribution in [-0.4, -0.2) is 42.0 Å². The van der Waals surface area contributed by atoms with Crippen molar-refractivity contribution in [1.29, 1.82) is 0 Å². The molecule has 0 aliphatic carbocycles. The molecule has 98 valence electrons. The van der Waals surface area contributed by atoms with Crippen LogP contribution in [0.1, 0.15) is 24.0 Å². The number of hydrogen-bond donors (Lipinski definition) is 2. The van der Waals surface area contributed by atoms with Crippen molar-refractivity contribution in [3.63, 3.8) is 0 Å². The molecule has 7 nitrogen and oxygen atoms in total. The van der Waals surface area contributed by atoms with Crippen LogP contribution in [0.15, 0.2) is 12.3 Å². The predicted octanol–water partition coefficient (Wildman–Crippen LogP) is 0.201. The van der Waals surface area contributed by atoms with Gasteiger partial charge in [0.2, 0.25) is 11.7 Å². The molecular formula is C11H16N4O3. The molecule has 0 saturated carbocycles. The van der Waals surface area contributed by atoms with E-state index in [1.54, 1.807) is 6.07 Å². The van der Waals surface area contributed by atoms with Gasteiger partial charge < -0.3 is 15.4 Å². The quantitative estimate of drug-likeness (QED) is 0.702. The maximum absolute atomic E-state index is 11.3. The molecule has 18 heavy (non-hydrogen) atoms. The molecule has 0 radical (unpaired) electrons. The normalized spacial score (nSPS) is 9.67. The largest absolute Gasteiger partial charge is 0.463 e. The number of esters is 1. The van der Waals surface area contributed by atoms with Crippen LogP contribution < -0.4 is 10.6 Å². The van der Waals surface area contributed by atoms with Crippen molar-refractivity contribution in [1.82, 2.24) is 15.3 Å². The second kappa shape index (κ2) is 7.21. The van der Waals surface area contributed by atoms with Gasteiger partial charge in [-0.05, 0) is 12.5 Å². The van der Waals surface area contributed by atoms with Crippen LogP contribution in [0.4, 0.5) is 5.82 Å². The Morgan fingerprint density at radius 2 is 2.22 bits per heavy atom. The second-order valence-corrected chi connectivity index (χ2v) is 3.46. The van der Waals surface area contributed by atoms with Gasteiger partial charge in [0.05, 0.1) is 13.7 Å². The minimum absolute atomic E-state index is 0.0449. The van der Waals surface area contributed by atoms with Gasteiger partial charge in [0, 0.05) is 12.7 Å². The summed E-state index contributed by atoms with van der Waals surface area (Å²) in [5.41, 5.74) is 0. The van der Waals surface area contributed by atoms with Crippen molar-refractivity contribution in [2.24, 2.45) is 0 Å². The maximum atomic E-state index is 11.3. The molecule has 0 aliphatic heterocycles. The summed E-state index contributed by atoms with van der Waals surface area (Å²) in [4.78, 5) is 30.2. The molecule has 7 heteroatoms. The van der Waals surface area contributed by atoms with Gasteiger partial charge in [-0.15, -0.1) is 0 Å². The standard InChI is InChI=1S/C11H16N4O3/c1-3-5-12-9(16)7-14-8-4-6-13-10(15-8)11(17)18-2/h4,6H,3,5,7H2,1-2H3,(H,12,16)(H,13,14,15). The van der Waals surface area contributed by atoms with Crippen molar-refractivity contribution in [2.75, 3.05) is 25.5 Å². The highest BCUT2D eigenvalue weighted by Gasteiger charge is 2.09. The molecule has 1 aromatic heterocycles. The minimum atomic E-state index is -0.617. The third-order valence-corrected chi connectivity index (χ3v) is 2.03. The molecule has 0 aromatic carbocycles. The number of nitrogens with one attached hydrogen (secondary N) is 2. The molecule has 1 heterocycles. The van der Waals surface area contributed by atoms with E-state index < -0.39 is 5.97 Å². The number of ether oxygens (including phenoxy) is 1. The molecule has 2 N–H and O–H groups in total. The van der Waals surface area contributed by atoms with Crippen LogP contribution in [0.25, 0.3) is 0 Å². The van der Waals surface area contributed by atoms with Crippen molar-refractivity contribution in [2.45, 2.75) is 13.3 Å². The lowest BCUT2D eigenvalue weighted by atomic mass is 10.4. The van der Waals surface area contributed by atoms with Gasteiger partial charge in [0.15, 0.2) is 0 Å². The zero-order valence-corrected chi connectivity index (χ0v) is 10.4. The number of anilines is 1. The highest BCUT2D eigenvalue weighted by Crippen LogP contribution is 2.02. The fourth-order valence-electron chi connectivity index (χ4n) is 1.14. The molecule has 0 atom stereocenters. The Morgan fingerprint density at radius 3 is 2.89 bits per heavy atom. The molecular weight excluding hydrogens is 236 g/mol. The van der Waals surface area contributed by atoms with E-state index in [-0.39, 0.29) is 18.3 Å². The average molecular weight is 252 g/mol. The van der Waals surface area contributed by atoms with E-state index in [1.165, 1.54) is 13.3 Å². The van der Waals surface area contributed by atoms with Gasteiger partial charge in [-0.3, -0.25) is 4.79 Å². The Hall–Kier alpha value is -2.18. The summed E-state index contributed by atoms with van der Waals surface area (Å²) in [6.07, 6.45) is 2.30. The van der Waals surface area contributed by atoms with Crippen LogP contribution in [-0.2, 0) is 9.53 Å². The summed E-state index contributed by atoms with van der Waals surface area (Å²) >= 11 is 0. The molecule has 0 spiro atoms. The van der Waals surface area contributed by atoms with Crippen LogP contribution in [0.5, 0.6) is 0 Å². The number of rotatable bonds is 6. The minimum Gasteiger partial charge on any atom is -0.463 e. The zero-order valence-electron chi connectivity index (χ0n) is 10.4. The van der Waals surface area contributed by atoms with Crippen LogP contribution >= 0.6 is 0 Å². The van der Waals surface area contributed by atoms with Crippen LogP contribution in [0.3, 0.4) is 0 Å². The Labute approximate surface area is 105 Å². The first-order valence-electron chi connectivity index (χ1n) is 5.59. The van der Waals surface area contributed by atoms with Crippen molar-refractivity contribution in [3.05, 3.63) is 18.1 Å². The average Bonchev–Trinajstić information content (AvgIpc) is 2.42. The van der Waals surface area contributed by atoms with Crippen molar-refractivity contribution < 1.29 is 14.3 Å². The predicted molar refractivity (Wildman–Crippen MR) is 65.2 cm³/mol. The van der Waals surface area contributed by atoms with Crippen LogP contribution in [0.2, 0.25) is 0 Å². The van der Waals surface area contributed by atoms with E-state index in [0.29, 0.717) is 12.4 Å². The first-order valence-corrected chi connectivity index (χ1v) is 5.59. The molecule has 1 aromatic rings. The van der Waals surface area contributed by atoms with Gasteiger partial charge in [0.25, 0.3) is 0 Å². The fraction of sp³-hybridized carbons (Fsp3) is 0.455. The third kappa shape index (κ3) is 4.36. The Balaban J connectivity index is 2.52. The van der Waals surface area contributed by atoms with Gasteiger partial charge in [-0.1, -0.05) is 6.92 Å². The van der Waals surface area contributed by atoms with Crippen molar-refractivity contribution >= 4 is 17.7 Å². The number of amides is 1. The monoisotopic (exact) mass is 252 g/mol. The summed E-state index contributed by atoms with van der Waals surface area (Å²) in [5, 5.41) is 5.52. The molecule has 0 unspecified atom stereocenters. The number of carbonyl (C=O) groups is 2. The highest BCUT2D eigenvalue weighted by atomic mass is 16.5. The number of methoxy groups -OCH3 is 1. The molecule has 0 aliphatic rings. The Bertz CT molecular complexity index is 423. The first-order chi connectivity index (χ1) is 8.67. The van der Waals surface area contributed by atoms with E-state index in [4.69, 9.17) is 0 Å². The van der Waals surface area contributed by atoms with E-state index in [9.17, 15) is 9.59 Å². The van der Waals surface area contributed by atoms with Gasteiger partial charge >= 0.3 is 5.97 Å². The third-order valence-electron chi connectivity index (χ3n) is 2.03. The smallest absolute Gasteiger partial charge is 0.376 e. The maximum Gasteiger partial charge on any atom is 0.376 e. The van der Waals surface area contributed by atoms with Gasteiger partial charge in [-0.2, -0.15) is 0 Å². The Kier molecular flexibility index (Phi) is 5.56. The SMILES string of the molecule is CCCNC(=O)CNc1ccnc(C(=O)OC)n1. The fourth-order valence-corrected chi connectivity index (χ4v) is 1.14. The number of aromatic nitrogens is 2. The first kappa shape index (κ1) is 13.9. The molecule has 0 bridgehead atoms. The van der Waals surface area contributed by atoms with E-state index in [2.05, 4.69) is 25.3 Å². The topological polar surface area (TPSA) is 93.2 Å².